The molecule has 1 N–H and O–H groups in total. The van der Waals surface area contributed by atoms with Gasteiger partial charge in [0.1, 0.15) is 12.6 Å². The van der Waals surface area contributed by atoms with E-state index < -0.39 is 6.04 Å². The molecule has 2 aliphatic rings. The molecule has 2 amide bonds. The maximum absolute atomic E-state index is 13.4. The summed E-state index contributed by atoms with van der Waals surface area (Å²) >= 11 is 0. The summed E-state index contributed by atoms with van der Waals surface area (Å²) in [4.78, 5) is 33.8. The Kier molecular flexibility index (Phi) is 4.02. The number of piperazine rings is 1. The molecule has 29 heavy (non-hydrogen) atoms. The molecule has 0 spiro atoms. The van der Waals surface area contributed by atoms with Gasteiger partial charge in [0.2, 0.25) is 11.8 Å². The Bertz CT molecular complexity index is 1110. The van der Waals surface area contributed by atoms with E-state index in [-0.39, 0.29) is 30.4 Å². The molecule has 5 heteroatoms. The second-order valence-electron chi connectivity index (χ2n) is 8.46. The Balaban J connectivity index is 1.72. The minimum absolute atomic E-state index is 0.00999. The number of H-pyrrole nitrogens is 1. The molecule has 0 saturated carbocycles. The van der Waals surface area contributed by atoms with Gasteiger partial charge in [0.05, 0.1) is 6.04 Å². The van der Waals surface area contributed by atoms with Gasteiger partial charge in [0.25, 0.3) is 0 Å². The highest BCUT2D eigenvalue weighted by Crippen LogP contribution is 2.42. The Morgan fingerprint density at radius 1 is 1.03 bits per heavy atom. The van der Waals surface area contributed by atoms with Crippen LogP contribution in [-0.2, 0) is 16.0 Å². The van der Waals surface area contributed by atoms with Gasteiger partial charge >= 0.3 is 0 Å². The van der Waals surface area contributed by atoms with E-state index in [1.54, 1.807) is 4.90 Å². The lowest BCUT2D eigenvalue weighted by atomic mass is 9.86. The van der Waals surface area contributed by atoms with Crippen molar-refractivity contribution >= 4 is 22.7 Å². The van der Waals surface area contributed by atoms with Crippen LogP contribution in [0.1, 0.15) is 42.3 Å². The van der Waals surface area contributed by atoms with Crippen molar-refractivity contribution in [1.82, 2.24) is 14.8 Å². The quantitative estimate of drug-likeness (QED) is 0.731. The summed E-state index contributed by atoms with van der Waals surface area (Å²) in [5, 5.41) is 1.14. The molecule has 0 radical (unpaired) electrons. The summed E-state index contributed by atoms with van der Waals surface area (Å²) in [6.45, 7) is 6.14. The van der Waals surface area contributed by atoms with Gasteiger partial charge in [-0.25, -0.2) is 0 Å². The topological polar surface area (TPSA) is 56.4 Å². The number of fused-ring (bicyclic) bond motifs is 4. The zero-order valence-corrected chi connectivity index (χ0v) is 17.0. The summed E-state index contributed by atoms with van der Waals surface area (Å²) in [5.41, 5.74) is 5.44. The number of nitrogens with zero attached hydrogens (tertiary/aromatic N) is 2. The molecule has 1 saturated heterocycles. The van der Waals surface area contributed by atoms with Crippen LogP contribution >= 0.6 is 0 Å². The number of carbonyl (C=O) groups excluding carboxylic acids is 2. The van der Waals surface area contributed by atoms with Crippen molar-refractivity contribution in [2.75, 3.05) is 6.54 Å². The molecule has 2 aromatic carbocycles. The molecule has 3 aromatic rings. The van der Waals surface area contributed by atoms with Gasteiger partial charge in [0.15, 0.2) is 0 Å². The van der Waals surface area contributed by atoms with Crippen LogP contribution < -0.4 is 0 Å². The lowest BCUT2D eigenvalue weighted by Crippen LogP contribution is -2.64. The van der Waals surface area contributed by atoms with Crippen LogP contribution in [0, 0.1) is 6.92 Å². The number of aryl methyl sites for hydroxylation is 1. The Morgan fingerprint density at radius 3 is 2.48 bits per heavy atom. The number of carbonyl (C=O) groups is 2. The number of para-hydroxylation sites is 1. The van der Waals surface area contributed by atoms with Gasteiger partial charge in [-0.15, -0.1) is 0 Å². The van der Waals surface area contributed by atoms with Crippen molar-refractivity contribution < 1.29 is 9.59 Å². The Hall–Kier alpha value is -3.08. The number of benzene rings is 2. The van der Waals surface area contributed by atoms with Crippen molar-refractivity contribution in [3.63, 3.8) is 0 Å². The van der Waals surface area contributed by atoms with E-state index in [1.807, 2.05) is 30.9 Å². The van der Waals surface area contributed by atoms with E-state index in [0.717, 1.165) is 27.7 Å². The third-order valence-electron chi connectivity index (χ3n) is 6.31. The minimum atomic E-state index is -0.461. The van der Waals surface area contributed by atoms with Gasteiger partial charge in [-0.2, -0.15) is 0 Å². The van der Waals surface area contributed by atoms with E-state index >= 15 is 0 Å². The predicted octanol–water partition coefficient (Wildman–Crippen LogP) is 3.57. The first-order valence-corrected chi connectivity index (χ1v) is 10.2. The van der Waals surface area contributed by atoms with Crippen LogP contribution in [0.3, 0.4) is 0 Å². The number of amides is 2. The zero-order valence-electron chi connectivity index (χ0n) is 17.0. The number of hydrogen-bond acceptors (Lipinski definition) is 2. The van der Waals surface area contributed by atoms with Crippen molar-refractivity contribution in [3.05, 3.63) is 70.9 Å². The maximum atomic E-state index is 13.4. The van der Waals surface area contributed by atoms with Crippen molar-refractivity contribution in [2.24, 2.45) is 0 Å². The Morgan fingerprint density at radius 2 is 1.76 bits per heavy atom. The summed E-state index contributed by atoms with van der Waals surface area (Å²) in [7, 11) is 0. The summed E-state index contributed by atoms with van der Waals surface area (Å²) in [6, 6.07) is 15.7. The van der Waals surface area contributed by atoms with Crippen molar-refractivity contribution in [2.45, 2.75) is 45.3 Å². The molecule has 0 bridgehead atoms. The van der Waals surface area contributed by atoms with E-state index in [2.05, 4.69) is 48.3 Å². The fourth-order valence-corrected chi connectivity index (χ4v) is 4.82. The minimum Gasteiger partial charge on any atom is -0.356 e. The fourth-order valence-electron chi connectivity index (χ4n) is 4.82. The predicted molar refractivity (Wildman–Crippen MR) is 113 cm³/mol. The number of hydrogen-bond donors (Lipinski definition) is 1. The second kappa shape index (κ2) is 6.48. The van der Waals surface area contributed by atoms with Gasteiger partial charge in [-0.1, -0.05) is 48.0 Å². The zero-order chi connectivity index (χ0) is 20.3. The summed E-state index contributed by atoms with van der Waals surface area (Å²) < 4.78 is 0. The molecule has 2 aliphatic heterocycles. The highest BCUT2D eigenvalue weighted by Gasteiger charge is 2.48. The first kappa shape index (κ1) is 18.0. The van der Waals surface area contributed by atoms with Gasteiger partial charge in [-0.3, -0.25) is 9.59 Å². The second-order valence-corrected chi connectivity index (χ2v) is 8.46. The lowest BCUT2D eigenvalue weighted by Gasteiger charge is -2.48. The average Bonchev–Trinajstić information content (AvgIpc) is 3.08. The molecule has 5 rings (SSSR count). The van der Waals surface area contributed by atoms with E-state index in [9.17, 15) is 9.59 Å². The lowest BCUT2D eigenvalue weighted by molar-refractivity contribution is -0.160. The molecule has 0 unspecified atom stereocenters. The van der Waals surface area contributed by atoms with Crippen molar-refractivity contribution in [3.8, 4) is 0 Å². The van der Waals surface area contributed by atoms with Crippen LogP contribution in [0.5, 0.6) is 0 Å². The molecule has 2 atom stereocenters. The summed E-state index contributed by atoms with van der Waals surface area (Å²) in [6.07, 6.45) is 0.551. The van der Waals surface area contributed by atoms with Crippen molar-refractivity contribution in [1.29, 1.82) is 0 Å². The highest BCUT2D eigenvalue weighted by molar-refractivity contribution is 5.97. The molecular weight excluding hydrogens is 362 g/mol. The van der Waals surface area contributed by atoms with E-state index in [0.29, 0.717) is 6.42 Å². The molecule has 3 heterocycles. The standard InChI is InChI=1S/C24H25N3O2/c1-14(2)26-13-21(28)27-20(24(26)29)12-18-17-6-4-5-7-19(17)25-22(18)23(27)16-10-8-15(3)9-11-16/h4-11,14,20,23,25H,12-13H2,1-3H3/t20-,23+/m1/s1. The third-order valence-corrected chi connectivity index (χ3v) is 6.31. The molecule has 5 nitrogen and oxygen atoms in total. The molecular formula is C24H25N3O2. The van der Waals surface area contributed by atoms with Crippen LogP contribution in [-0.4, -0.2) is 45.2 Å². The first-order chi connectivity index (χ1) is 14.0. The van der Waals surface area contributed by atoms with Crippen LogP contribution in [0.15, 0.2) is 48.5 Å². The SMILES string of the molecule is Cc1ccc([C@H]2c3[nH]c4ccccc4c3C[C@@H]3C(=O)N(C(C)C)CC(=O)N23)cc1. The number of rotatable bonds is 2. The third kappa shape index (κ3) is 2.68. The summed E-state index contributed by atoms with van der Waals surface area (Å²) in [5.74, 6) is 0.0609. The maximum Gasteiger partial charge on any atom is 0.246 e. The first-order valence-electron chi connectivity index (χ1n) is 10.2. The number of nitrogens with one attached hydrogen (secondary N) is 1. The largest absolute Gasteiger partial charge is 0.356 e. The normalized spacial score (nSPS) is 21.7. The number of aromatic amines is 1. The van der Waals surface area contributed by atoms with Crippen LogP contribution in [0.2, 0.25) is 0 Å². The monoisotopic (exact) mass is 387 g/mol. The van der Waals surface area contributed by atoms with Crippen LogP contribution in [0.25, 0.3) is 10.9 Å². The highest BCUT2D eigenvalue weighted by atomic mass is 16.2. The average molecular weight is 387 g/mol. The Labute approximate surface area is 170 Å². The van der Waals surface area contributed by atoms with Crippen LogP contribution in [0.4, 0.5) is 0 Å². The molecule has 0 aliphatic carbocycles. The van der Waals surface area contributed by atoms with Gasteiger partial charge in [-0.05, 0) is 38.0 Å². The fraction of sp³-hybridized carbons (Fsp3) is 0.333. The molecule has 148 valence electrons. The van der Waals surface area contributed by atoms with Gasteiger partial charge < -0.3 is 14.8 Å². The smallest absolute Gasteiger partial charge is 0.246 e. The van der Waals surface area contributed by atoms with E-state index in [4.69, 9.17) is 0 Å². The van der Waals surface area contributed by atoms with Gasteiger partial charge in [0, 0.05) is 29.1 Å². The molecule has 1 fully saturated rings. The van der Waals surface area contributed by atoms with E-state index in [1.165, 1.54) is 5.56 Å². The number of aromatic nitrogens is 1. The molecule has 1 aromatic heterocycles.